The number of allylic oxidation sites excluding steroid dienone is 1. The summed E-state index contributed by atoms with van der Waals surface area (Å²) in [6.07, 6.45) is 4.13. The average Bonchev–Trinajstić information content (AvgIpc) is 2.96. The minimum absolute atomic E-state index is 0.0320. The molecule has 0 spiro atoms. The van der Waals surface area contributed by atoms with Crippen molar-refractivity contribution in [2.24, 2.45) is 11.3 Å². The van der Waals surface area contributed by atoms with Crippen LogP contribution in [-0.4, -0.2) is 39.2 Å². The lowest BCUT2D eigenvalue weighted by atomic mass is 9.86. The van der Waals surface area contributed by atoms with E-state index < -0.39 is 0 Å². The summed E-state index contributed by atoms with van der Waals surface area (Å²) in [6.45, 7) is 10.9. The molecule has 0 amide bonds. The molecule has 7 heteroatoms. The van der Waals surface area contributed by atoms with Gasteiger partial charge >= 0.3 is 0 Å². The molecule has 5 nitrogen and oxygen atoms in total. The van der Waals surface area contributed by atoms with Crippen molar-refractivity contribution in [3.63, 3.8) is 0 Å². The standard InChI is InChI=1S/C20H29Cl2N5/c1-13(2)18(26(6)7)19-23-24-25-27(19)17(20(3,4)5)11-9-14-8-10-15(21)12-16(14)22/h8-13,17-18H,1-7H3. The summed E-state index contributed by atoms with van der Waals surface area (Å²) in [5, 5.41) is 13.9. The summed E-state index contributed by atoms with van der Waals surface area (Å²) < 4.78 is 1.94. The largest absolute Gasteiger partial charge is 0.299 e. The Labute approximate surface area is 172 Å². The molecule has 1 aromatic carbocycles. The van der Waals surface area contributed by atoms with E-state index in [1.165, 1.54) is 0 Å². The number of hydrogen-bond donors (Lipinski definition) is 0. The molecule has 0 N–H and O–H groups in total. The maximum absolute atomic E-state index is 6.33. The van der Waals surface area contributed by atoms with Gasteiger partial charge in [-0.05, 0) is 53.6 Å². The van der Waals surface area contributed by atoms with Crippen molar-refractivity contribution in [2.75, 3.05) is 14.1 Å². The van der Waals surface area contributed by atoms with Crippen molar-refractivity contribution >= 4 is 29.3 Å². The third-order valence-corrected chi connectivity index (χ3v) is 5.10. The predicted molar refractivity (Wildman–Crippen MR) is 113 cm³/mol. The molecule has 2 aromatic rings. The summed E-state index contributed by atoms with van der Waals surface area (Å²) in [6, 6.07) is 5.59. The minimum atomic E-state index is -0.0899. The first kappa shape index (κ1) is 21.9. The summed E-state index contributed by atoms with van der Waals surface area (Å²) >= 11 is 12.3. The average molecular weight is 410 g/mol. The number of tetrazole rings is 1. The quantitative estimate of drug-likeness (QED) is 0.627. The van der Waals surface area contributed by atoms with E-state index in [2.05, 4.69) is 75.2 Å². The van der Waals surface area contributed by atoms with Crippen LogP contribution in [0.3, 0.4) is 0 Å². The second kappa shape index (κ2) is 8.72. The maximum atomic E-state index is 6.33. The van der Waals surface area contributed by atoms with Crippen molar-refractivity contribution in [1.82, 2.24) is 25.1 Å². The Morgan fingerprint density at radius 1 is 1.15 bits per heavy atom. The van der Waals surface area contributed by atoms with Gasteiger partial charge in [0.05, 0.1) is 12.1 Å². The number of nitrogens with zero attached hydrogens (tertiary/aromatic N) is 5. The molecule has 148 valence electrons. The van der Waals surface area contributed by atoms with Crippen molar-refractivity contribution in [1.29, 1.82) is 0 Å². The van der Waals surface area contributed by atoms with E-state index >= 15 is 0 Å². The Hall–Kier alpha value is -1.43. The van der Waals surface area contributed by atoms with Gasteiger partial charge in [0.1, 0.15) is 0 Å². The van der Waals surface area contributed by atoms with Crippen LogP contribution in [0, 0.1) is 11.3 Å². The predicted octanol–water partition coefficient (Wildman–Crippen LogP) is 5.54. The molecule has 1 aromatic heterocycles. The Morgan fingerprint density at radius 2 is 1.81 bits per heavy atom. The molecule has 0 bridgehead atoms. The highest BCUT2D eigenvalue weighted by Crippen LogP contribution is 2.35. The number of rotatable bonds is 6. The number of hydrogen-bond acceptors (Lipinski definition) is 4. The molecular weight excluding hydrogens is 381 g/mol. The zero-order chi connectivity index (χ0) is 20.4. The smallest absolute Gasteiger partial charge is 0.169 e. The number of benzene rings is 1. The second-order valence-electron chi connectivity index (χ2n) is 8.47. The highest BCUT2D eigenvalue weighted by atomic mass is 35.5. The first-order valence-electron chi connectivity index (χ1n) is 9.09. The molecule has 2 rings (SSSR count). The van der Waals surface area contributed by atoms with Gasteiger partial charge in [0, 0.05) is 10.0 Å². The van der Waals surface area contributed by atoms with Gasteiger partial charge in [-0.25, -0.2) is 4.68 Å². The topological polar surface area (TPSA) is 46.8 Å². The van der Waals surface area contributed by atoms with Crippen LogP contribution in [0.4, 0.5) is 0 Å². The summed E-state index contributed by atoms with van der Waals surface area (Å²) in [4.78, 5) is 2.16. The highest BCUT2D eigenvalue weighted by molar-refractivity contribution is 6.35. The lowest BCUT2D eigenvalue weighted by Gasteiger charge is -2.32. The van der Waals surface area contributed by atoms with Crippen LogP contribution in [0.5, 0.6) is 0 Å². The van der Waals surface area contributed by atoms with Crippen molar-refractivity contribution in [2.45, 2.75) is 46.7 Å². The van der Waals surface area contributed by atoms with E-state index in [1.54, 1.807) is 6.07 Å². The van der Waals surface area contributed by atoms with Gasteiger partial charge in [-0.1, -0.05) is 76.0 Å². The molecule has 2 unspecified atom stereocenters. The molecule has 27 heavy (non-hydrogen) atoms. The molecule has 2 atom stereocenters. The Morgan fingerprint density at radius 3 is 2.33 bits per heavy atom. The number of aromatic nitrogens is 4. The molecule has 0 saturated carbocycles. The third kappa shape index (κ3) is 5.31. The van der Waals surface area contributed by atoms with Gasteiger partial charge in [-0.15, -0.1) is 5.10 Å². The Bertz CT molecular complexity index is 782. The van der Waals surface area contributed by atoms with Crippen LogP contribution in [0.2, 0.25) is 10.0 Å². The molecule has 1 heterocycles. The number of halogens is 2. The van der Waals surface area contributed by atoms with Crippen LogP contribution in [-0.2, 0) is 0 Å². The van der Waals surface area contributed by atoms with E-state index in [-0.39, 0.29) is 17.5 Å². The second-order valence-corrected chi connectivity index (χ2v) is 9.31. The normalized spacial score (nSPS) is 15.1. The molecule has 0 radical (unpaired) electrons. The minimum Gasteiger partial charge on any atom is -0.299 e. The fourth-order valence-electron chi connectivity index (χ4n) is 3.29. The van der Waals surface area contributed by atoms with Gasteiger partial charge in [-0.3, -0.25) is 4.90 Å². The zero-order valence-electron chi connectivity index (χ0n) is 17.1. The SMILES string of the molecule is CC(C)C(c1nnnn1C(C=Cc1ccc(Cl)cc1Cl)C(C)(C)C)N(C)C. The van der Waals surface area contributed by atoms with Crippen LogP contribution < -0.4 is 0 Å². The van der Waals surface area contributed by atoms with Crippen molar-refractivity contribution in [3.05, 3.63) is 45.7 Å². The van der Waals surface area contributed by atoms with Crippen LogP contribution in [0.1, 0.15) is 58.1 Å². The van der Waals surface area contributed by atoms with E-state index in [9.17, 15) is 0 Å². The summed E-state index contributed by atoms with van der Waals surface area (Å²) in [5.41, 5.74) is 0.825. The molecule has 0 aliphatic rings. The van der Waals surface area contributed by atoms with Gasteiger partial charge in [0.15, 0.2) is 5.82 Å². The van der Waals surface area contributed by atoms with Gasteiger partial charge in [0.25, 0.3) is 0 Å². The van der Waals surface area contributed by atoms with Gasteiger partial charge in [-0.2, -0.15) is 0 Å². The lowest BCUT2D eigenvalue weighted by Crippen LogP contribution is -2.32. The summed E-state index contributed by atoms with van der Waals surface area (Å²) in [5.74, 6) is 1.24. The molecule has 0 aliphatic heterocycles. The summed E-state index contributed by atoms with van der Waals surface area (Å²) in [7, 11) is 4.11. The first-order chi connectivity index (χ1) is 12.5. The van der Waals surface area contributed by atoms with Crippen LogP contribution in [0.15, 0.2) is 24.3 Å². The van der Waals surface area contributed by atoms with Crippen molar-refractivity contribution < 1.29 is 0 Å². The fraction of sp³-hybridized carbons (Fsp3) is 0.550. The van der Waals surface area contributed by atoms with E-state index in [1.807, 2.05) is 22.9 Å². The molecular formula is C20H29Cl2N5. The molecule has 0 aliphatic carbocycles. The zero-order valence-corrected chi connectivity index (χ0v) is 18.6. The van der Waals surface area contributed by atoms with Gasteiger partial charge in [0.2, 0.25) is 0 Å². The fourth-order valence-corrected chi connectivity index (χ4v) is 3.76. The van der Waals surface area contributed by atoms with E-state index in [0.717, 1.165) is 11.4 Å². The monoisotopic (exact) mass is 409 g/mol. The van der Waals surface area contributed by atoms with E-state index in [0.29, 0.717) is 16.0 Å². The van der Waals surface area contributed by atoms with E-state index in [4.69, 9.17) is 23.2 Å². The highest BCUT2D eigenvalue weighted by Gasteiger charge is 2.32. The van der Waals surface area contributed by atoms with Crippen LogP contribution >= 0.6 is 23.2 Å². The Balaban J connectivity index is 2.47. The first-order valence-corrected chi connectivity index (χ1v) is 9.85. The Kier molecular flexibility index (Phi) is 7.06. The lowest BCUT2D eigenvalue weighted by molar-refractivity contribution is 0.196. The third-order valence-electron chi connectivity index (χ3n) is 4.54. The van der Waals surface area contributed by atoms with Crippen molar-refractivity contribution in [3.8, 4) is 0 Å². The molecule has 0 fully saturated rings. The molecule has 0 saturated heterocycles. The van der Waals surface area contributed by atoms with Gasteiger partial charge < -0.3 is 0 Å². The van der Waals surface area contributed by atoms with Crippen LogP contribution in [0.25, 0.3) is 6.08 Å². The maximum Gasteiger partial charge on any atom is 0.169 e.